The first-order chi connectivity index (χ1) is 25.4. The monoisotopic (exact) mass is 786 g/mol. The minimum atomic E-state index is -5.08. The molecular formula is C31H29ClF6N10O6. The number of piperidine rings is 1. The zero-order valence-electron chi connectivity index (χ0n) is 27.5. The smallest absolute Gasteiger partial charge is 0.475 e. The van der Waals surface area contributed by atoms with E-state index in [0.717, 1.165) is 47.5 Å². The summed E-state index contributed by atoms with van der Waals surface area (Å²) in [6.45, 7) is 1.16. The molecule has 0 atom stereocenters. The van der Waals surface area contributed by atoms with Gasteiger partial charge in [0.1, 0.15) is 11.3 Å². The minimum Gasteiger partial charge on any atom is -0.475 e. The van der Waals surface area contributed by atoms with Crippen molar-refractivity contribution in [3.63, 3.8) is 0 Å². The maximum absolute atomic E-state index is 13.1. The van der Waals surface area contributed by atoms with Gasteiger partial charge in [-0.05, 0) is 67.0 Å². The van der Waals surface area contributed by atoms with E-state index in [1.165, 1.54) is 6.33 Å². The lowest BCUT2D eigenvalue weighted by Gasteiger charge is -2.31. The Bertz CT molecular complexity index is 1930. The Kier molecular flexibility index (Phi) is 13.3. The first kappa shape index (κ1) is 40.7. The molecule has 5 heterocycles. The van der Waals surface area contributed by atoms with E-state index >= 15 is 0 Å². The van der Waals surface area contributed by atoms with Gasteiger partial charge in [0.15, 0.2) is 5.82 Å². The van der Waals surface area contributed by atoms with Crippen molar-refractivity contribution in [1.82, 2.24) is 35.0 Å². The van der Waals surface area contributed by atoms with E-state index < -0.39 is 24.3 Å². The molecule has 2 aliphatic heterocycles. The highest BCUT2D eigenvalue weighted by Crippen LogP contribution is 2.30. The summed E-state index contributed by atoms with van der Waals surface area (Å²) in [5, 5.41) is 30.6. The molecule has 1 aromatic carbocycles. The lowest BCUT2D eigenvalue weighted by Crippen LogP contribution is -2.39. The molecule has 0 radical (unpaired) electrons. The normalized spacial score (nSPS) is 14.1. The van der Waals surface area contributed by atoms with Gasteiger partial charge < -0.3 is 31.1 Å². The van der Waals surface area contributed by atoms with E-state index in [-0.39, 0.29) is 23.6 Å². The van der Waals surface area contributed by atoms with E-state index in [9.17, 15) is 35.9 Å². The predicted octanol–water partition coefficient (Wildman–Crippen LogP) is 5.38. The molecule has 2 aliphatic rings. The van der Waals surface area contributed by atoms with E-state index in [2.05, 4.69) is 46.1 Å². The number of rotatable bonds is 4. The summed E-state index contributed by atoms with van der Waals surface area (Å²) in [5.74, 6) is -4.41. The van der Waals surface area contributed by atoms with E-state index in [4.69, 9.17) is 31.4 Å². The summed E-state index contributed by atoms with van der Waals surface area (Å²) in [5.41, 5.74) is 4.36. The number of carbonyl (C=O) groups excluding carboxylic acids is 2. The van der Waals surface area contributed by atoms with Crippen molar-refractivity contribution in [2.75, 3.05) is 29.0 Å². The Morgan fingerprint density at radius 2 is 1.56 bits per heavy atom. The molecule has 0 aliphatic carbocycles. The third-order valence-corrected chi connectivity index (χ3v) is 7.88. The molecule has 2 amide bonds. The SMILES string of the molecule is O=C(CC1CCN(C(=O)c2ncn[nH]2)CC1)Nc1ccc2cc1CCc1cncc(c1)Nc1ncc(Cl)c(n1)N2.O=C(O)C(F)(F)F.O=C(O)C(F)(F)F. The molecule has 16 nitrogen and oxygen atoms in total. The van der Waals surface area contributed by atoms with Crippen LogP contribution in [0.2, 0.25) is 5.02 Å². The standard InChI is InChI=1S/C27H27ClN10O2.2C2HF3O2/c28-21-14-30-27-34-20-9-17(12-29-13-20)1-2-18-11-19(33-24(21)36-27)3-4-22(18)35-23(39)10-16-5-7-38(8-6-16)26(40)25-31-15-32-37-25;2*3-2(4,5)1(6)7/h3-4,9,11-16H,1-2,5-8,10H2,(H,35,39)(H,31,32,37)(H2,30,33,34,36);2*(H,6,7). The van der Waals surface area contributed by atoms with Crippen LogP contribution in [-0.2, 0) is 27.2 Å². The number of aliphatic carboxylic acids is 2. The maximum Gasteiger partial charge on any atom is 0.490 e. The van der Waals surface area contributed by atoms with Crippen molar-refractivity contribution in [2.24, 2.45) is 5.92 Å². The molecule has 6 rings (SSSR count). The lowest BCUT2D eigenvalue weighted by molar-refractivity contribution is -0.193. The first-order valence-electron chi connectivity index (χ1n) is 15.6. The highest BCUT2D eigenvalue weighted by molar-refractivity contribution is 6.32. The summed E-state index contributed by atoms with van der Waals surface area (Å²) in [4.78, 5) is 62.2. The largest absolute Gasteiger partial charge is 0.490 e. The number of carboxylic acid groups (broad SMARTS) is 2. The zero-order valence-corrected chi connectivity index (χ0v) is 28.3. The van der Waals surface area contributed by atoms with Gasteiger partial charge in [-0.2, -0.15) is 36.4 Å². The number of aromatic amines is 1. The van der Waals surface area contributed by atoms with Gasteiger partial charge in [-0.1, -0.05) is 11.6 Å². The molecule has 0 unspecified atom stereocenters. The van der Waals surface area contributed by atoms with Crippen LogP contribution >= 0.6 is 11.6 Å². The summed E-state index contributed by atoms with van der Waals surface area (Å²) in [7, 11) is 0. The number of carbonyl (C=O) groups is 4. The van der Waals surface area contributed by atoms with Crippen LogP contribution in [0.25, 0.3) is 0 Å². The Labute approximate surface area is 305 Å². The fourth-order valence-electron chi connectivity index (χ4n) is 5.01. The third kappa shape index (κ3) is 12.0. The quantitative estimate of drug-likeness (QED) is 0.143. The maximum atomic E-state index is 13.1. The second kappa shape index (κ2) is 17.6. The average molecular weight is 787 g/mol. The molecule has 288 valence electrons. The number of likely N-dealkylation sites (tertiary alicyclic amines) is 1. The first-order valence-corrected chi connectivity index (χ1v) is 15.9. The molecule has 1 saturated heterocycles. The van der Waals surface area contributed by atoms with Crippen LogP contribution in [0, 0.1) is 5.92 Å². The number of aromatic nitrogens is 6. The highest BCUT2D eigenvalue weighted by atomic mass is 35.5. The number of nitrogens with one attached hydrogen (secondary N) is 4. The van der Waals surface area contributed by atoms with Crippen LogP contribution in [0.5, 0.6) is 0 Å². The number of hydrogen-bond acceptors (Lipinski definition) is 11. The lowest BCUT2D eigenvalue weighted by atomic mass is 9.93. The van der Waals surface area contributed by atoms with Gasteiger partial charge in [0.2, 0.25) is 17.7 Å². The highest BCUT2D eigenvalue weighted by Gasteiger charge is 2.39. The number of amides is 2. The number of fused-ring (bicyclic) bond motifs is 6. The third-order valence-electron chi connectivity index (χ3n) is 7.60. The molecular weight excluding hydrogens is 758 g/mol. The number of alkyl halides is 6. The topological polar surface area (TPSA) is 228 Å². The second-order valence-electron chi connectivity index (χ2n) is 11.5. The van der Waals surface area contributed by atoms with Crippen molar-refractivity contribution < 1.29 is 55.7 Å². The molecule has 23 heteroatoms. The molecule has 0 spiro atoms. The van der Waals surface area contributed by atoms with Crippen LogP contribution in [0.15, 0.2) is 49.2 Å². The molecule has 0 saturated carbocycles. The van der Waals surface area contributed by atoms with Crippen LogP contribution in [-0.4, -0.2) is 94.4 Å². The minimum absolute atomic E-state index is 0.0452. The number of hydrogen-bond donors (Lipinski definition) is 6. The summed E-state index contributed by atoms with van der Waals surface area (Å²) < 4.78 is 63.5. The Morgan fingerprint density at radius 3 is 2.17 bits per heavy atom. The Morgan fingerprint density at radius 1 is 0.889 bits per heavy atom. The van der Waals surface area contributed by atoms with Crippen molar-refractivity contribution in [3.8, 4) is 0 Å². The number of nitrogens with zero attached hydrogens (tertiary/aromatic N) is 6. The number of aryl methyl sites for hydroxylation is 2. The van der Waals surface area contributed by atoms with Gasteiger partial charge >= 0.3 is 24.3 Å². The molecule has 3 aromatic heterocycles. The molecule has 54 heavy (non-hydrogen) atoms. The van der Waals surface area contributed by atoms with E-state index in [0.29, 0.717) is 42.7 Å². The van der Waals surface area contributed by atoms with Crippen molar-refractivity contribution in [1.29, 1.82) is 0 Å². The van der Waals surface area contributed by atoms with Gasteiger partial charge in [-0.3, -0.25) is 19.7 Å². The van der Waals surface area contributed by atoms with Crippen molar-refractivity contribution in [3.05, 3.63) is 71.2 Å². The second-order valence-corrected chi connectivity index (χ2v) is 11.9. The average Bonchev–Trinajstić information content (AvgIpc) is 3.65. The summed E-state index contributed by atoms with van der Waals surface area (Å²) in [6.07, 6.45) is -0.441. The van der Waals surface area contributed by atoms with Gasteiger partial charge in [-0.25, -0.2) is 19.6 Å². The number of halogens is 7. The number of H-pyrrole nitrogens is 1. The molecule has 6 N–H and O–H groups in total. The van der Waals surface area contributed by atoms with Gasteiger partial charge in [0.25, 0.3) is 5.91 Å². The number of carboxylic acids is 2. The summed E-state index contributed by atoms with van der Waals surface area (Å²) in [6, 6.07) is 7.80. The van der Waals surface area contributed by atoms with Crippen LogP contribution in [0.4, 0.5) is 55.2 Å². The molecule has 6 bridgehead atoms. The van der Waals surface area contributed by atoms with Crippen LogP contribution in [0.3, 0.4) is 0 Å². The van der Waals surface area contributed by atoms with E-state index in [1.807, 2.05) is 30.5 Å². The fourth-order valence-corrected chi connectivity index (χ4v) is 5.15. The molecule has 1 fully saturated rings. The fraction of sp³-hybridized carbons (Fsp3) is 0.323. The Hall–Kier alpha value is -6.06. The number of pyridine rings is 1. The van der Waals surface area contributed by atoms with Crippen LogP contribution < -0.4 is 16.0 Å². The predicted molar refractivity (Wildman–Crippen MR) is 177 cm³/mol. The van der Waals surface area contributed by atoms with Gasteiger partial charge in [-0.15, -0.1) is 0 Å². The Balaban J connectivity index is 0.000000396. The van der Waals surface area contributed by atoms with E-state index in [1.54, 1.807) is 17.3 Å². The van der Waals surface area contributed by atoms with Crippen molar-refractivity contribution in [2.45, 2.75) is 44.5 Å². The number of benzene rings is 1. The number of anilines is 5. The summed E-state index contributed by atoms with van der Waals surface area (Å²) >= 11 is 6.36. The molecule has 4 aromatic rings. The van der Waals surface area contributed by atoms with Gasteiger partial charge in [0, 0.05) is 37.1 Å². The van der Waals surface area contributed by atoms with Gasteiger partial charge in [0.05, 0.1) is 18.1 Å². The van der Waals surface area contributed by atoms with Crippen LogP contribution in [0.1, 0.15) is 41.0 Å². The zero-order chi connectivity index (χ0) is 39.6. The van der Waals surface area contributed by atoms with Crippen molar-refractivity contribution >= 4 is 64.2 Å².